The van der Waals surface area contributed by atoms with Crippen LogP contribution in [0, 0.1) is 0 Å². The zero-order valence-electron chi connectivity index (χ0n) is 3.28. The topological polar surface area (TPSA) is 0 Å². The minimum atomic E-state index is 1.47. The highest BCUT2D eigenvalue weighted by molar-refractivity contribution is 7.38. The third-order valence-electron chi connectivity index (χ3n) is 0.882. The van der Waals surface area contributed by atoms with Gasteiger partial charge in [0.2, 0.25) is 0 Å². The molecule has 1 aliphatic heterocycles. The standard InChI is InChI=1S/C4H8P/c1-2-4-5-3-1/h1-4H2/q-1. The Morgan fingerprint density at radius 3 is 1.80 bits per heavy atom. The van der Waals surface area contributed by atoms with E-state index in [0.29, 0.717) is 0 Å². The van der Waals surface area contributed by atoms with Crippen molar-refractivity contribution in [3.63, 3.8) is 0 Å². The fraction of sp³-hybridized carbons (Fsp3) is 1.00. The second-order valence-corrected chi connectivity index (χ2v) is 2.72. The summed E-state index contributed by atoms with van der Waals surface area (Å²) in [4.78, 5) is 0. The van der Waals surface area contributed by atoms with Crippen molar-refractivity contribution >= 4 is 8.58 Å². The number of hydrogen-bond acceptors (Lipinski definition) is 0. The van der Waals surface area contributed by atoms with Gasteiger partial charge in [0.15, 0.2) is 0 Å². The van der Waals surface area contributed by atoms with E-state index in [2.05, 4.69) is 0 Å². The molecule has 1 heterocycles. The van der Waals surface area contributed by atoms with E-state index in [0.717, 1.165) is 0 Å². The Bertz CT molecular complexity index is 15.2. The Morgan fingerprint density at radius 1 is 1.00 bits per heavy atom. The molecular weight excluding hydrogens is 79.0 g/mol. The highest BCUT2D eigenvalue weighted by atomic mass is 31.1. The Kier molecular flexibility index (Phi) is 1.28. The van der Waals surface area contributed by atoms with Crippen LogP contribution in [0.4, 0.5) is 0 Å². The lowest BCUT2D eigenvalue weighted by Crippen LogP contribution is -1.58. The molecule has 5 heavy (non-hydrogen) atoms. The maximum absolute atomic E-state index is 1.69. The summed E-state index contributed by atoms with van der Waals surface area (Å²) in [5.74, 6) is 0. The lowest BCUT2D eigenvalue weighted by molar-refractivity contribution is 0.949. The van der Waals surface area contributed by atoms with E-state index < -0.39 is 0 Å². The van der Waals surface area contributed by atoms with Crippen molar-refractivity contribution in [2.45, 2.75) is 12.8 Å². The first kappa shape index (κ1) is 3.61. The fourth-order valence-electron chi connectivity index (χ4n) is 0.559. The molecule has 0 nitrogen and oxygen atoms in total. The molecule has 0 atom stereocenters. The molecule has 0 aliphatic carbocycles. The molecule has 1 fully saturated rings. The lowest BCUT2D eigenvalue weighted by Gasteiger charge is -1.95. The molecule has 0 aromatic carbocycles. The van der Waals surface area contributed by atoms with Gasteiger partial charge in [-0.3, -0.25) is 0 Å². The molecule has 1 saturated heterocycles. The van der Waals surface area contributed by atoms with Gasteiger partial charge in [0.1, 0.15) is 0 Å². The Morgan fingerprint density at radius 2 is 1.60 bits per heavy atom. The molecule has 0 aromatic heterocycles. The van der Waals surface area contributed by atoms with Crippen LogP contribution in [0.3, 0.4) is 0 Å². The monoisotopic (exact) mass is 87.0 g/mol. The Hall–Kier alpha value is 0.430. The van der Waals surface area contributed by atoms with Gasteiger partial charge in [-0.05, 0) is 0 Å². The van der Waals surface area contributed by atoms with Crippen LogP contribution < -0.4 is 0 Å². The van der Waals surface area contributed by atoms with Crippen LogP contribution in [0.1, 0.15) is 12.8 Å². The van der Waals surface area contributed by atoms with E-state index >= 15 is 0 Å². The molecule has 0 bridgehead atoms. The molecule has 30 valence electrons. The van der Waals surface area contributed by atoms with Gasteiger partial charge in [-0.2, -0.15) is 12.3 Å². The third kappa shape index (κ3) is 0.887. The first-order chi connectivity index (χ1) is 2.50. The van der Waals surface area contributed by atoms with Crippen molar-refractivity contribution in [1.82, 2.24) is 0 Å². The molecule has 0 radical (unpaired) electrons. The lowest BCUT2D eigenvalue weighted by atomic mass is 10.4. The van der Waals surface area contributed by atoms with E-state index in [1.807, 2.05) is 0 Å². The van der Waals surface area contributed by atoms with E-state index in [9.17, 15) is 0 Å². The predicted octanol–water partition coefficient (Wildman–Crippen LogP) is 1.73. The summed E-state index contributed by atoms with van der Waals surface area (Å²) in [6.07, 6.45) is 5.92. The molecule has 1 aliphatic rings. The van der Waals surface area contributed by atoms with Gasteiger partial charge >= 0.3 is 0 Å². The smallest absolute Gasteiger partial charge is 0.0816 e. The van der Waals surface area contributed by atoms with E-state index in [1.165, 1.54) is 25.2 Å². The molecule has 1 heteroatoms. The summed E-state index contributed by atoms with van der Waals surface area (Å²) >= 11 is 0. The van der Waals surface area contributed by atoms with Gasteiger partial charge in [0.25, 0.3) is 0 Å². The molecule has 0 unspecified atom stereocenters. The number of rotatable bonds is 0. The normalized spacial score (nSPS) is 24.0. The Balaban J connectivity index is 2.08. The number of hydrogen-bond donors (Lipinski definition) is 0. The predicted molar refractivity (Wildman–Crippen MR) is 25.9 cm³/mol. The molecule has 1 rings (SSSR count). The molecule has 0 saturated carbocycles. The van der Waals surface area contributed by atoms with E-state index in [4.69, 9.17) is 0 Å². The second kappa shape index (κ2) is 1.77. The van der Waals surface area contributed by atoms with Crippen LogP contribution in [0.2, 0.25) is 0 Å². The fourth-order valence-corrected chi connectivity index (χ4v) is 1.68. The summed E-state index contributed by atoms with van der Waals surface area (Å²) in [7, 11) is 1.69. The minimum Gasteiger partial charge on any atom is -0.540 e. The van der Waals surface area contributed by atoms with Crippen LogP contribution >= 0.6 is 8.58 Å². The highest BCUT2D eigenvalue weighted by Crippen LogP contribution is 2.21. The second-order valence-electron chi connectivity index (χ2n) is 1.38. The quantitative estimate of drug-likeness (QED) is 0.394. The molecule has 0 amide bonds. The average molecular weight is 87.1 g/mol. The molecule has 0 N–H and O–H groups in total. The summed E-state index contributed by atoms with van der Waals surface area (Å²) in [5, 5.41) is 0. The van der Waals surface area contributed by atoms with Gasteiger partial charge in [-0.1, -0.05) is 12.8 Å². The Labute approximate surface area is 34.7 Å². The summed E-state index contributed by atoms with van der Waals surface area (Å²) < 4.78 is 0. The SMILES string of the molecule is C1CC[P-]C1. The van der Waals surface area contributed by atoms with Gasteiger partial charge in [0.05, 0.1) is 0 Å². The van der Waals surface area contributed by atoms with Crippen LogP contribution in [-0.4, -0.2) is 12.3 Å². The molecule has 0 aromatic rings. The third-order valence-corrected chi connectivity index (χ3v) is 2.15. The van der Waals surface area contributed by atoms with Gasteiger partial charge in [-0.25, -0.2) is 0 Å². The van der Waals surface area contributed by atoms with Crippen LogP contribution in [-0.2, 0) is 0 Å². The summed E-state index contributed by atoms with van der Waals surface area (Å²) in [6.45, 7) is 0. The molecular formula is C4H8P-. The van der Waals surface area contributed by atoms with Crippen molar-refractivity contribution in [1.29, 1.82) is 0 Å². The summed E-state index contributed by atoms with van der Waals surface area (Å²) in [6, 6.07) is 0. The maximum atomic E-state index is 1.69. The van der Waals surface area contributed by atoms with E-state index in [-0.39, 0.29) is 0 Å². The van der Waals surface area contributed by atoms with Crippen molar-refractivity contribution in [3.8, 4) is 0 Å². The zero-order valence-corrected chi connectivity index (χ0v) is 4.17. The van der Waals surface area contributed by atoms with Gasteiger partial charge in [-0.15, -0.1) is 0 Å². The van der Waals surface area contributed by atoms with E-state index in [1.54, 1.807) is 8.58 Å². The van der Waals surface area contributed by atoms with Crippen molar-refractivity contribution < 1.29 is 0 Å². The highest BCUT2D eigenvalue weighted by Gasteiger charge is 1.80. The minimum absolute atomic E-state index is 1.47. The maximum Gasteiger partial charge on any atom is -0.0816 e. The van der Waals surface area contributed by atoms with Gasteiger partial charge in [0, 0.05) is 0 Å². The van der Waals surface area contributed by atoms with Crippen LogP contribution in [0.5, 0.6) is 0 Å². The van der Waals surface area contributed by atoms with Crippen molar-refractivity contribution in [2.75, 3.05) is 12.3 Å². The summed E-state index contributed by atoms with van der Waals surface area (Å²) in [5.41, 5.74) is 0. The van der Waals surface area contributed by atoms with Crippen LogP contribution in [0.25, 0.3) is 0 Å². The van der Waals surface area contributed by atoms with Gasteiger partial charge < -0.3 is 8.58 Å². The van der Waals surface area contributed by atoms with Crippen LogP contribution in [0.15, 0.2) is 0 Å². The largest absolute Gasteiger partial charge is 0.540 e. The average Bonchev–Trinajstić information content (AvgIpc) is 1.76. The first-order valence-electron chi connectivity index (χ1n) is 2.13. The van der Waals surface area contributed by atoms with Crippen molar-refractivity contribution in [2.24, 2.45) is 0 Å². The molecule has 0 spiro atoms. The zero-order chi connectivity index (χ0) is 3.54. The first-order valence-corrected chi connectivity index (χ1v) is 3.40. The van der Waals surface area contributed by atoms with Crippen molar-refractivity contribution in [3.05, 3.63) is 0 Å².